The third-order valence-corrected chi connectivity index (χ3v) is 7.14. The molecule has 1 aliphatic carbocycles. The predicted molar refractivity (Wildman–Crippen MR) is 139 cm³/mol. The number of hydrogen-bond acceptors (Lipinski definition) is 5. The van der Waals surface area contributed by atoms with Gasteiger partial charge in [-0.15, -0.1) is 0 Å². The molecule has 6 heteroatoms. The second-order valence-electron chi connectivity index (χ2n) is 11.5. The van der Waals surface area contributed by atoms with Crippen molar-refractivity contribution in [2.75, 3.05) is 0 Å². The highest BCUT2D eigenvalue weighted by Crippen LogP contribution is 2.44. The fourth-order valence-corrected chi connectivity index (χ4v) is 5.56. The molecule has 0 bridgehead atoms. The summed E-state index contributed by atoms with van der Waals surface area (Å²) in [5.74, 6) is 0.844. The van der Waals surface area contributed by atoms with Gasteiger partial charge in [-0.3, -0.25) is 4.90 Å². The second kappa shape index (κ2) is 10.6. The average Bonchev–Trinajstić information content (AvgIpc) is 3.39. The second-order valence-corrected chi connectivity index (χ2v) is 11.5. The SMILES string of the molecule is CC(C)(C)OC(=O)N1[C@@H](Cc2ccc(OCc3ccccc3)cc2)[C@H]([C@@H]2CCC[C@H]2C=O)OC1(C)C. The summed E-state index contributed by atoms with van der Waals surface area (Å²) in [6, 6.07) is 17.8. The van der Waals surface area contributed by atoms with Crippen LogP contribution in [0, 0.1) is 11.8 Å². The summed E-state index contributed by atoms with van der Waals surface area (Å²) in [6.07, 6.45) is 3.86. The van der Waals surface area contributed by atoms with E-state index in [0.29, 0.717) is 13.0 Å². The molecule has 1 amide bonds. The van der Waals surface area contributed by atoms with Gasteiger partial charge in [0, 0.05) is 5.92 Å². The van der Waals surface area contributed by atoms with E-state index in [1.807, 2.05) is 89.2 Å². The predicted octanol–water partition coefficient (Wildman–Crippen LogP) is 6.16. The van der Waals surface area contributed by atoms with Gasteiger partial charge in [0.15, 0.2) is 0 Å². The zero-order valence-electron chi connectivity index (χ0n) is 22.1. The lowest BCUT2D eigenvalue weighted by Gasteiger charge is -2.35. The summed E-state index contributed by atoms with van der Waals surface area (Å²) < 4.78 is 18.3. The Bertz CT molecular complexity index is 1030. The van der Waals surface area contributed by atoms with Gasteiger partial charge < -0.3 is 19.0 Å². The molecule has 1 aliphatic heterocycles. The summed E-state index contributed by atoms with van der Waals surface area (Å²) in [5.41, 5.74) is 0.732. The Kier molecular flexibility index (Phi) is 7.74. The Morgan fingerprint density at radius 1 is 1.06 bits per heavy atom. The summed E-state index contributed by atoms with van der Waals surface area (Å²) in [5, 5.41) is 0. The van der Waals surface area contributed by atoms with Gasteiger partial charge in [-0.05, 0) is 83.1 Å². The van der Waals surface area contributed by atoms with Gasteiger partial charge in [0.25, 0.3) is 0 Å². The van der Waals surface area contributed by atoms with Crippen molar-refractivity contribution in [3.63, 3.8) is 0 Å². The molecule has 6 nitrogen and oxygen atoms in total. The molecule has 2 aromatic carbocycles. The van der Waals surface area contributed by atoms with Crippen LogP contribution in [-0.4, -0.2) is 40.8 Å². The topological polar surface area (TPSA) is 65.1 Å². The zero-order valence-corrected chi connectivity index (χ0v) is 22.1. The Hall–Kier alpha value is -2.86. The number of rotatable bonds is 7. The summed E-state index contributed by atoms with van der Waals surface area (Å²) in [6.45, 7) is 9.94. The first-order valence-electron chi connectivity index (χ1n) is 13.0. The van der Waals surface area contributed by atoms with Crippen molar-refractivity contribution in [3.05, 3.63) is 65.7 Å². The van der Waals surface area contributed by atoms with Crippen LogP contribution in [0.3, 0.4) is 0 Å². The molecule has 194 valence electrons. The minimum atomic E-state index is -0.841. The van der Waals surface area contributed by atoms with E-state index in [2.05, 4.69) is 0 Å². The van der Waals surface area contributed by atoms with Crippen LogP contribution in [0.4, 0.5) is 4.79 Å². The molecule has 1 saturated heterocycles. The molecule has 36 heavy (non-hydrogen) atoms. The lowest BCUT2D eigenvalue weighted by atomic mass is 9.85. The van der Waals surface area contributed by atoms with Gasteiger partial charge >= 0.3 is 6.09 Å². The van der Waals surface area contributed by atoms with Crippen LogP contribution in [0.25, 0.3) is 0 Å². The number of ether oxygens (including phenoxy) is 3. The van der Waals surface area contributed by atoms with Crippen molar-refractivity contribution < 1.29 is 23.8 Å². The molecule has 4 atom stereocenters. The third kappa shape index (κ3) is 6.09. The number of benzene rings is 2. The summed E-state index contributed by atoms with van der Waals surface area (Å²) in [7, 11) is 0. The first-order chi connectivity index (χ1) is 17.1. The maximum atomic E-state index is 13.4. The number of aldehydes is 1. The smallest absolute Gasteiger partial charge is 0.412 e. The number of amides is 1. The van der Waals surface area contributed by atoms with Crippen molar-refractivity contribution in [2.45, 2.75) is 90.4 Å². The highest BCUT2D eigenvalue weighted by Gasteiger charge is 2.54. The maximum Gasteiger partial charge on any atom is 0.412 e. The van der Waals surface area contributed by atoms with Crippen molar-refractivity contribution in [3.8, 4) is 5.75 Å². The van der Waals surface area contributed by atoms with Gasteiger partial charge in [-0.1, -0.05) is 48.9 Å². The Balaban J connectivity index is 1.55. The van der Waals surface area contributed by atoms with E-state index in [-0.39, 0.29) is 30.1 Å². The standard InChI is InChI=1S/C30H39NO5/c1-29(2,3)36-28(33)31-26(27(35-30(31,4)5)25-13-9-12-23(25)19-32)18-21-14-16-24(17-15-21)34-20-22-10-7-6-8-11-22/h6-8,10-11,14-17,19,23,25-27H,9,12-13,18,20H2,1-5H3/t23-,25+,26-,27-/m0/s1. The maximum absolute atomic E-state index is 13.4. The van der Waals surface area contributed by atoms with Crippen molar-refractivity contribution >= 4 is 12.4 Å². The summed E-state index contributed by atoms with van der Waals surface area (Å²) >= 11 is 0. The molecule has 4 rings (SSSR count). The number of carbonyl (C=O) groups excluding carboxylic acids is 2. The van der Waals surface area contributed by atoms with Gasteiger partial charge in [-0.25, -0.2) is 4.79 Å². The molecule has 2 fully saturated rings. The average molecular weight is 494 g/mol. The van der Waals surface area contributed by atoms with E-state index in [1.165, 1.54) is 0 Å². The van der Waals surface area contributed by atoms with Crippen LogP contribution in [0.5, 0.6) is 5.75 Å². The Labute approximate surface area is 214 Å². The van der Waals surface area contributed by atoms with Gasteiger partial charge in [0.1, 0.15) is 30.0 Å². The molecular formula is C30H39NO5. The molecular weight excluding hydrogens is 454 g/mol. The third-order valence-electron chi connectivity index (χ3n) is 7.14. The van der Waals surface area contributed by atoms with Crippen molar-refractivity contribution in [2.24, 2.45) is 11.8 Å². The normalized spacial score (nSPS) is 25.5. The van der Waals surface area contributed by atoms with Crippen LogP contribution in [0.2, 0.25) is 0 Å². The van der Waals surface area contributed by atoms with E-state index < -0.39 is 11.3 Å². The minimum absolute atomic E-state index is 0.0411. The molecule has 0 unspecified atom stereocenters. The summed E-state index contributed by atoms with van der Waals surface area (Å²) in [4.78, 5) is 27.0. The zero-order chi connectivity index (χ0) is 25.9. The fraction of sp³-hybridized carbons (Fsp3) is 0.533. The van der Waals surface area contributed by atoms with Crippen LogP contribution in [0.15, 0.2) is 54.6 Å². The van der Waals surface area contributed by atoms with Crippen LogP contribution in [0.1, 0.15) is 65.0 Å². The van der Waals surface area contributed by atoms with E-state index in [0.717, 1.165) is 42.4 Å². The van der Waals surface area contributed by atoms with E-state index >= 15 is 0 Å². The first-order valence-corrected chi connectivity index (χ1v) is 13.0. The van der Waals surface area contributed by atoms with E-state index in [1.54, 1.807) is 4.90 Å². The largest absolute Gasteiger partial charge is 0.489 e. The Morgan fingerprint density at radius 2 is 1.75 bits per heavy atom. The Morgan fingerprint density at radius 3 is 2.39 bits per heavy atom. The quantitative estimate of drug-likeness (QED) is 0.432. The molecule has 0 radical (unpaired) electrons. The number of hydrogen-bond donors (Lipinski definition) is 0. The van der Waals surface area contributed by atoms with Gasteiger partial charge in [0.2, 0.25) is 0 Å². The van der Waals surface area contributed by atoms with Crippen molar-refractivity contribution in [1.29, 1.82) is 0 Å². The lowest BCUT2D eigenvalue weighted by Crippen LogP contribution is -2.51. The fourth-order valence-electron chi connectivity index (χ4n) is 5.56. The van der Waals surface area contributed by atoms with Crippen LogP contribution < -0.4 is 4.74 Å². The molecule has 0 aromatic heterocycles. The van der Waals surface area contributed by atoms with Gasteiger partial charge in [-0.2, -0.15) is 0 Å². The molecule has 2 aliphatic rings. The monoisotopic (exact) mass is 493 g/mol. The number of carbonyl (C=O) groups is 2. The number of nitrogens with zero attached hydrogens (tertiary/aromatic N) is 1. The highest BCUT2D eigenvalue weighted by atomic mass is 16.6. The van der Waals surface area contributed by atoms with Gasteiger partial charge in [0.05, 0.1) is 12.1 Å². The molecule has 0 N–H and O–H groups in total. The molecule has 0 spiro atoms. The van der Waals surface area contributed by atoms with E-state index in [9.17, 15) is 9.59 Å². The first kappa shape index (κ1) is 26.2. The molecule has 2 aromatic rings. The minimum Gasteiger partial charge on any atom is -0.489 e. The van der Waals surface area contributed by atoms with Crippen molar-refractivity contribution in [1.82, 2.24) is 4.90 Å². The van der Waals surface area contributed by atoms with E-state index in [4.69, 9.17) is 14.2 Å². The highest BCUT2D eigenvalue weighted by molar-refractivity contribution is 5.70. The lowest BCUT2D eigenvalue weighted by molar-refractivity contribution is -0.117. The van der Waals surface area contributed by atoms with Crippen LogP contribution in [-0.2, 0) is 27.3 Å². The molecule has 1 heterocycles. The molecule has 1 saturated carbocycles. The van der Waals surface area contributed by atoms with Crippen LogP contribution >= 0.6 is 0 Å².